The number of alkyl halides is 3. The third kappa shape index (κ3) is 5.23. The van der Waals surface area contributed by atoms with Gasteiger partial charge in [0.15, 0.2) is 17.2 Å². The molecule has 0 fully saturated rings. The van der Waals surface area contributed by atoms with Crippen LogP contribution in [0.5, 0.6) is 11.5 Å². The van der Waals surface area contributed by atoms with Crippen LogP contribution in [0.4, 0.5) is 18.9 Å². The first-order valence-electron chi connectivity index (χ1n) is 9.22. The molecule has 0 bridgehead atoms. The number of anilines is 1. The van der Waals surface area contributed by atoms with Gasteiger partial charge in [-0.3, -0.25) is 4.79 Å². The van der Waals surface area contributed by atoms with E-state index in [1.165, 1.54) is 31.4 Å². The van der Waals surface area contributed by atoms with E-state index in [0.717, 1.165) is 30.3 Å². The number of nitrogens with two attached hydrogens (primary N) is 1. The number of hydrogen-bond donors (Lipinski definition) is 1. The number of halogens is 3. The minimum atomic E-state index is -4.92. The second-order valence-corrected chi connectivity index (χ2v) is 8.23. The van der Waals surface area contributed by atoms with Gasteiger partial charge in [0.05, 0.1) is 23.3 Å². The number of ether oxygens (including phenoxy) is 2. The Labute approximate surface area is 187 Å². The summed E-state index contributed by atoms with van der Waals surface area (Å²) in [6.45, 7) is 3.73. The lowest BCUT2D eigenvalue weighted by atomic mass is 10.1. The topological polar surface area (TPSA) is 111 Å². The zero-order valence-corrected chi connectivity index (χ0v) is 18.0. The Bertz CT molecular complexity index is 1250. The standard InChI is InChI=1S/C21H18F3N3O5S/c1-3-10-32-17-9-4-13(12-18(17)31-2)11-16-19(21(22,23)24)26-27(20(16)28)14-5-7-15(8-6-14)33(25,29)30/h3-9,11-12H,1,10H2,2H3,(H2,25,29,30)/b16-11+. The van der Waals surface area contributed by atoms with Gasteiger partial charge in [-0.05, 0) is 48.0 Å². The first-order valence-corrected chi connectivity index (χ1v) is 10.8. The van der Waals surface area contributed by atoms with Crippen molar-refractivity contribution in [2.75, 3.05) is 18.7 Å². The Morgan fingerprint density at radius 2 is 1.82 bits per heavy atom. The fourth-order valence-electron chi connectivity index (χ4n) is 2.91. The molecule has 2 aromatic carbocycles. The van der Waals surface area contributed by atoms with Crippen molar-refractivity contribution in [3.63, 3.8) is 0 Å². The summed E-state index contributed by atoms with van der Waals surface area (Å²) < 4.78 is 74.3. The van der Waals surface area contributed by atoms with Crippen molar-refractivity contribution >= 4 is 33.4 Å². The van der Waals surface area contributed by atoms with Crippen molar-refractivity contribution in [2.45, 2.75) is 11.1 Å². The lowest BCUT2D eigenvalue weighted by molar-refractivity contribution is -0.114. The fraction of sp³-hybridized carbons (Fsp3) is 0.143. The Balaban J connectivity index is 2.02. The molecule has 0 saturated carbocycles. The van der Waals surface area contributed by atoms with Gasteiger partial charge in [0, 0.05) is 0 Å². The molecule has 174 valence electrons. The van der Waals surface area contributed by atoms with Crippen LogP contribution in [0.25, 0.3) is 6.08 Å². The molecule has 12 heteroatoms. The lowest BCUT2D eigenvalue weighted by Crippen LogP contribution is -2.25. The Morgan fingerprint density at radius 3 is 2.36 bits per heavy atom. The van der Waals surface area contributed by atoms with Gasteiger partial charge < -0.3 is 9.47 Å². The van der Waals surface area contributed by atoms with Gasteiger partial charge in [-0.2, -0.15) is 23.3 Å². The molecule has 0 radical (unpaired) electrons. The van der Waals surface area contributed by atoms with Crippen molar-refractivity contribution in [3.8, 4) is 11.5 Å². The smallest absolute Gasteiger partial charge is 0.435 e. The summed E-state index contributed by atoms with van der Waals surface area (Å²) in [4.78, 5) is 12.6. The van der Waals surface area contributed by atoms with Crippen LogP contribution in [0.15, 0.2) is 70.7 Å². The highest BCUT2D eigenvalue weighted by atomic mass is 32.2. The molecule has 2 N–H and O–H groups in total. The SMILES string of the molecule is C=CCOc1ccc(/C=C2/C(=O)N(c3ccc(S(N)(=O)=O)cc3)N=C2C(F)(F)F)cc1OC. The van der Waals surface area contributed by atoms with E-state index in [1.54, 1.807) is 0 Å². The number of hydrazone groups is 1. The lowest BCUT2D eigenvalue weighted by Gasteiger charge is -2.12. The minimum absolute atomic E-state index is 0.0664. The normalized spacial score (nSPS) is 15.5. The Morgan fingerprint density at radius 1 is 1.15 bits per heavy atom. The van der Waals surface area contributed by atoms with Crippen LogP contribution in [-0.2, 0) is 14.8 Å². The van der Waals surface area contributed by atoms with Crippen molar-refractivity contribution in [2.24, 2.45) is 10.2 Å². The molecule has 1 heterocycles. The van der Waals surface area contributed by atoms with Crippen LogP contribution in [0.1, 0.15) is 5.56 Å². The van der Waals surface area contributed by atoms with Crippen molar-refractivity contribution in [3.05, 3.63) is 66.3 Å². The quantitative estimate of drug-likeness (QED) is 0.482. The van der Waals surface area contributed by atoms with Crippen molar-refractivity contribution in [1.29, 1.82) is 0 Å². The fourth-order valence-corrected chi connectivity index (χ4v) is 3.43. The monoisotopic (exact) mass is 481 g/mol. The van der Waals surface area contributed by atoms with Gasteiger partial charge in [0.25, 0.3) is 5.91 Å². The van der Waals surface area contributed by atoms with E-state index in [-0.39, 0.29) is 28.5 Å². The highest BCUT2D eigenvalue weighted by Gasteiger charge is 2.46. The van der Waals surface area contributed by atoms with Gasteiger partial charge in [-0.1, -0.05) is 18.7 Å². The van der Waals surface area contributed by atoms with Gasteiger partial charge in [-0.15, -0.1) is 0 Å². The van der Waals surface area contributed by atoms with Crippen LogP contribution in [-0.4, -0.2) is 39.9 Å². The number of nitrogens with zero attached hydrogens (tertiary/aromatic N) is 2. The average Bonchev–Trinajstić information content (AvgIpc) is 3.08. The number of benzene rings is 2. The van der Waals surface area contributed by atoms with E-state index in [4.69, 9.17) is 14.6 Å². The van der Waals surface area contributed by atoms with Crippen LogP contribution < -0.4 is 19.6 Å². The molecule has 0 spiro atoms. The highest BCUT2D eigenvalue weighted by Crippen LogP contribution is 2.34. The number of sulfonamides is 1. The Hall–Kier alpha value is -3.64. The zero-order valence-electron chi connectivity index (χ0n) is 17.2. The summed E-state index contributed by atoms with van der Waals surface area (Å²) in [7, 11) is -2.65. The maximum atomic E-state index is 13.6. The molecule has 1 amide bonds. The van der Waals surface area contributed by atoms with Crippen LogP contribution in [0.3, 0.4) is 0 Å². The van der Waals surface area contributed by atoms with E-state index in [1.807, 2.05) is 0 Å². The molecule has 0 aromatic heterocycles. The van der Waals surface area contributed by atoms with E-state index >= 15 is 0 Å². The summed E-state index contributed by atoms with van der Waals surface area (Å²) >= 11 is 0. The second-order valence-electron chi connectivity index (χ2n) is 6.67. The molecule has 1 aliphatic rings. The molecule has 33 heavy (non-hydrogen) atoms. The summed E-state index contributed by atoms with van der Waals surface area (Å²) in [6, 6.07) is 8.75. The largest absolute Gasteiger partial charge is 0.493 e. The van der Waals surface area contributed by atoms with Crippen LogP contribution in [0, 0.1) is 0 Å². The molecular weight excluding hydrogens is 463 g/mol. The summed E-state index contributed by atoms with van der Waals surface area (Å²) in [5.74, 6) is -0.451. The predicted octanol–water partition coefficient (Wildman–Crippen LogP) is 3.26. The maximum absolute atomic E-state index is 13.6. The molecular formula is C21H18F3N3O5S. The summed E-state index contributed by atoms with van der Waals surface area (Å²) in [5.41, 5.74) is -1.92. The van der Waals surface area contributed by atoms with E-state index in [9.17, 15) is 26.4 Å². The molecule has 0 saturated heterocycles. The van der Waals surface area contributed by atoms with Crippen molar-refractivity contribution in [1.82, 2.24) is 0 Å². The predicted molar refractivity (Wildman–Crippen MR) is 115 cm³/mol. The van der Waals surface area contributed by atoms with Gasteiger partial charge >= 0.3 is 6.18 Å². The number of methoxy groups -OCH3 is 1. The van der Waals surface area contributed by atoms with Crippen molar-refractivity contribution < 1.29 is 35.9 Å². The molecule has 2 aromatic rings. The van der Waals surface area contributed by atoms with Crippen LogP contribution in [0.2, 0.25) is 0 Å². The third-order valence-corrected chi connectivity index (χ3v) is 5.34. The zero-order chi connectivity index (χ0) is 24.4. The van der Waals surface area contributed by atoms with E-state index in [0.29, 0.717) is 10.8 Å². The maximum Gasteiger partial charge on any atom is 0.435 e. The highest BCUT2D eigenvalue weighted by molar-refractivity contribution is 7.89. The number of amides is 1. The Kier molecular flexibility index (Phi) is 6.60. The molecule has 0 unspecified atom stereocenters. The molecule has 0 aliphatic carbocycles. The minimum Gasteiger partial charge on any atom is -0.493 e. The number of carbonyl (C=O) groups is 1. The van der Waals surface area contributed by atoms with Gasteiger partial charge in [0.2, 0.25) is 10.0 Å². The molecule has 8 nitrogen and oxygen atoms in total. The summed E-state index contributed by atoms with van der Waals surface area (Å²) in [6.07, 6.45) is -2.37. The summed E-state index contributed by atoms with van der Waals surface area (Å²) in [5, 5.41) is 9.00. The first kappa shape index (κ1) is 24.0. The second kappa shape index (κ2) is 9.08. The van der Waals surface area contributed by atoms with Gasteiger partial charge in [-0.25, -0.2) is 13.6 Å². The average molecular weight is 481 g/mol. The number of carbonyl (C=O) groups excluding carboxylic acids is 1. The first-order chi connectivity index (χ1) is 15.5. The number of primary sulfonamides is 1. The van der Waals surface area contributed by atoms with E-state index < -0.39 is 33.4 Å². The molecule has 1 aliphatic heterocycles. The van der Waals surface area contributed by atoms with Crippen LogP contribution >= 0.6 is 0 Å². The van der Waals surface area contributed by atoms with E-state index in [2.05, 4.69) is 11.7 Å². The third-order valence-electron chi connectivity index (χ3n) is 4.41. The number of rotatable bonds is 7. The number of hydrogen-bond acceptors (Lipinski definition) is 6. The molecule has 3 rings (SSSR count). The van der Waals surface area contributed by atoms with Gasteiger partial charge in [0.1, 0.15) is 6.61 Å². The molecule has 0 atom stereocenters.